The maximum Gasteiger partial charge on any atom is 0.0914 e. The lowest BCUT2D eigenvalue weighted by molar-refractivity contribution is -0.197. The van der Waals surface area contributed by atoms with Crippen molar-refractivity contribution in [2.75, 3.05) is 19.8 Å². The van der Waals surface area contributed by atoms with Crippen LogP contribution in [0.15, 0.2) is 5.11 Å². The zero-order valence-electron chi connectivity index (χ0n) is 8.77. The summed E-state index contributed by atoms with van der Waals surface area (Å²) in [6.07, 6.45) is 1.77. The minimum atomic E-state index is -0.173. The second kappa shape index (κ2) is 5.20. The van der Waals surface area contributed by atoms with Crippen LogP contribution in [0.4, 0.5) is 0 Å². The Kier molecular flexibility index (Phi) is 4.20. The summed E-state index contributed by atoms with van der Waals surface area (Å²) in [7, 11) is 0. The van der Waals surface area contributed by atoms with Gasteiger partial charge in [-0.2, -0.15) is 0 Å². The SMILES string of the molecule is CCC1(CC)COCC(CN=[N+]=[N-])O1. The van der Waals surface area contributed by atoms with Crippen molar-refractivity contribution >= 4 is 0 Å². The Morgan fingerprint density at radius 3 is 2.79 bits per heavy atom. The molecule has 0 aromatic heterocycles. The molecule has 1 fully saturated rings. The van der Waals surface area contributed by atoms with Gasteiger partial charge in [0.05, 0.1) is 31.5 Å². The van der Waals surface area contributed by atoms with Crippen LogP contribution < -0.4 is 0 Å². The molecule has 1 heterocycles. The quantitative estimate of drug-likeness (QED) is 0.396. The van der Waals surface area contributed by atoms with Crippen LogP contribution in [0.3, 0.4) is 0 Å². The first kappa shape index (κ1) is 11.3. The van der Waals surface area contributed by atoms with E-state index in [0.29, 0.717) is 19.8 Å². The fourth-order valence-electron chi connectivity index (χ4n) is 1.64. The molecular weight excluding hydrogens is 182 g/mol. The monoisotopic (exact) mass is 199 g/mol. The highest BCUT2D eigenvalue weighted by molar-refractivity contribution is 4.83. The molecule has 80 valence electrons. The Bertz CT molecular complexity index is 222. The number of ether oxygens (including phenoxy) is 2. The lowest BCUT2D eigenvalue weighted by Crippen LogP contribution is -2.47. The molecule has 5 nitrogen and oxygen atoms in total. The minimum absolute atomic E-state index is 0.0838. The largest absolute Gasteiger partial charge is 0.376 e. The lowest BCUT2D eigenvalue weighted by Gasteiger charge is -2.39. The average Bonchev–Trinajstić information content (AvgIpc) is 2.26. The first-order valence-electron chi connectivity index (χ1n) is 5.02. The van der Waals surface area contributed by atoms with E-state index in [0.717, 1.165) is 12.8 Å². The number of rotatable bonds is 4. The fourth-order valence-corrected chi connectivity index (χ4v) is 1.64. The molecule has 1 aliphatic heterocycles. The third-order valence-corrected chi connectivity index (χ3v) is 2.72. The molecule has 1 aliphatic rings. The summed E-state index contributed by atoms with van der Waals surface area (Å²) in [5, 5.41) is 3.51. The molecule has 0 N–H and O–H groups in total. The molecule has 0 radical (unpaired) electrons. The summed E-state index contributed by atoms with van der Waals surface area (Å²) in [5.74, 6) is 0. The van der Waals surface area contributed by atoms with Crippen LogP contribution >= 0.6 is 0 Å². The van der Waals surface area contributed by atoms with Gasteiger partial charge in [0.1, 0.15) is 0 Å². The number of nitrogens with zero attached hydrogens (tertiary/aromatic N) is 3. The summed E-state index contributed by atoms with van der Waals surface area (Å²) >= 11 is 0. The summed E-state index contributed by atoms with van der Waals surface area (Å²) in [5.41, 5.74) is 8.03. The average molecular weight is 199 g/mol. The lowest BCUT2D eigenvalue weighted by atomic mass is 9.97. The molecule has 0 saturated carbocycles. The van der Waals surface area contributed by atoms with Crippen LogP contribution in [0.25, 0.3) is 10.4 Å². The topological polar surface area (TPSA) is 67.2 Å². The van der Waals surface area contributed by atoms with Crippen LogP contribution in [-0.4, -0.2) is 31.5 Å². The first-order chi connectivity index (χ1) is 6.76. The van der Waals surface area contributed by atoms with Crippen molar-refractivity contribution in [3.63, 3.8) is 0 Å². The fraction of sp³-hybridized carbons (Fsp3) is 1.00. The Hall–Kier alpha value is -0.770. The first-order valence-corrected chi connectivity index (χ1v) is 5.02. The number of hydrogen-bond donors (Lipinski definition) is 0. The number of hydrogen-bond acceptors (Lipinski definition) is 3. The predicted octanol–water partition coefficient (Wildman–Crippen LogP) is 2.27. The van der Waals surface area contributed by atoms with E-state index in [1.54, 1.807) is 0 Å². The summed E-state index contributed by atoms with van der Waals surface area (Å²) < 4.78 is 11.4. The molecule has 0 bridgehead atoms. The van der Waals surface area contributed by atoms with Gasteiger partial charge in [-0.05, 0) is 18.4 Å². The normalized spacial score (nSPS) is 25.4. The van der Waals surface area contributed by atoms with E-state index in [4.69, 9.17) is 15.0 Å². The highest BCUT2D eigenvalue weighted by Gasteiger charge is 2.34. The second-order valence-corrected chi connectivity index (χ2v) is 3.56. The summed E-state index contributed by atoms with van der Waals surface area (Å²) in [6, 6.07) is 0. The smallest absolute Gasteiger partial charge is 0.0914 e. The van der Waals surface area contributed by atoms with E-state index < -0.39 is 0 Å². The molecular formula is C9H17N3O2. The van der Waals surface area contributed by atoms with E-state index >= 15 is 0 Å². The standard InChI is InChI=1S/C9H17N3O2/c1-3-9(4-2)7-13-6-8(14-9)5-11-12-10/h8H,3-7H2,1-2H3. The van der Waals surface area contributed by atoms with Gasteiger partial charge >= 0.3 is 0 Å². The van der Waals surface area contributed by atoms with Crippen molar-refractivity contribution in [1.82, 2.24) is 0 Å². The third kappa shape index (κ3) is 2.61. The molecule has 0 aromatic rings. The molecule has 0 spiro atoms. The van der Waals surface area contributed by atoms with Crippen LogP contribution in [0, 0.1) is 0 Å². The summed E-state index contributed by atoms with van der Waals surface area (Å²) in [6.45, 7) is 5.71. The Labute approximate surface area is 84.0 Å². The van der Waals surface area contributed by atoms with Gasteiger partial charge in [0.25, 0.3) is 0 Å². The van der Waals surface area contributed by atoms with Gasteiger partial charge in [-0.3, -0.25) is 0 Å². The van der Waals surface area contributed by atoms with Gasteiger partial charge in [-0.1, -0.05) is 19.0 Å². The van der Waals surface area contributed by atoms with Crippen LogP contribution in [0.5, 0.6) is 0 Å². The van der Waals surface area contributed by atoms with Crippen molar-refractivity contribution < 1.29 is 9.47 Å². The Balaban J connectivity index is 2.53. The van der Waals surface area contributed by atoms with Crippen molar-refractivity contribution in [3.8, 4) is 0 Å². The zero-order valence-corrected chi connectivity index (χ0v) is 8.77. The molecule has 1 rings (SSSR count). The van der Waals surface area contributed by atoms with E-state index in [1.165, 1.54) is 0 Å². The molecule has 5 heteroatoms. The van der Waals surface area contributed by atoms with E-state index in [-0.39, 0.29) is 11.7 Å². The van der Waals surface area contributed by atoms with Crippen molar-refractivity contribution in [2.24, 2.45) is 5.11 Å². The van der Waals surface area contributed by atoms with Crippen LogP contribution in [0.1, 0.15) is 26.7 Å². The van der Waals surface area contributed by atoms with Crippen LogP contribution in [-0.2, 0) is 9.47 Å². The van der Waals surface area contributed by atoms with Gasteiger partial charge in [-0.15, -0.1) is 0 Å². The van der Waals surface area contributed by atoms with E-state index in [9.17, 15) is 0 Å². The highest BCUT2D eigenvalue weighted by Crippen LogP contribution is 2.26. The second-order valence-electron chi connectivity index (χ2n) is 3.56. The van der Waals surface area contributed by atoms with E-state index in [2.05, 4.69) is 23.9 Å². The molecule has 0 amide bonds. The van der Waals surface area contributed by atoms with Crippen molar-refractivity contribution in [1.29, 1.82) is 0 Å². The predicted molar refractivity (Wildman–Crippen MR) is 53.0 cm³/mol. The maximum absolute atomic E-state index is 8.20. The Morgan fingerprint density at radius 1 is 1.50 bits per heavy atom. The zero-order chi connectivity index (χ0) is 10.4. The van der Waals surface area contributed by atoms with Gasteiger partial charge < -0.3 is 9.47 Å². The summed E-state index contributed by atoms with van der Waals surface area (Å²) in [4.78, 5) is 2.72. The molecule has 0 aromatic carbocycles. The third-order valence-electron chi connectivity index (χ3n) is 2.72. The van der Waals surface area contributed by atoms with Gasteiger partial charge in [0, 0.05) is 4.91 Å². The minimum Gasteiger partial charge on any atom is -0.376 e. The Morgan fingerprint density at radius 2 is 2.21 bits per heavy atom. The molecule has 1 atom stereocenters. The molecule has 1 unspecified atom stereocenters. The molecule has 0 aliphatic carbocycles. The van der Waals surface area contributed by atoms with Gasteiger partial charge in [0.2, 0.25) is 0 Å². The highest BCUT2D eigenvalue weighted by atomic mass is 16.6. The van der Waals surface area contributed by atoms with Gasteiger partial charge in [0.15, 0.2) is 0 Å². The number of azide groups is 1. The molecule has 14 heavy (non-hydrogen) atoms. The van der Waals surface area contributed by atoms with Crippen molar-refractivity contribution in [3.05, 3.63) is 10.4 Å². The van der Waals surface area contributed by atoms with Gasteiger partial charge in [-0.25, -0.2) is 0 Å². The van der Waals surface area contributed by atoms with Crippen LogP contribution in [0.2, 0.25) is 0 Å². The molecule has 1 saturated heterocycles. The maximum atomic E-state index is 8.20. The van der Waals surface area contributed by atoms with Crippen molar-refractivity contribution in [2.45, 2.75) is 38.4 Å². The van der Waals surface area contributed by atoms with E-state index in [1.807, 2.05) is 0 Å².